The molecule has 1 saturated heterocycles. The first kappa shape index (κ1) is 13.1. The summed E-state index contributed by atoms with van der Waals surface area (Å²) >= 11 is 7.36. The van der Waals surface area contributed by atoms with Gasteiger partial charge in [0.1, 0.15) is 5.76 Å². The molecule has 0 radical (unpaired) electrons. The third-order valence-corrected chi connectivity index (χ3v) is 8.18. The Bertz CT molecular complexity index is 541. The summed E-state index contributed by atoms with van der Waals surface area (Å²) in [6.07, 6.45) is 2.53. The van der Waals surface area contributed by atoms with Crippen LogP contribution in [0.4, 0.5) is 0 Å². The summed E-state index contributed by atoms with van der Waals surface area (Å²) in [6, 6.07) is 3.57. The quantitative estimate of drug-likeness (QED) is 0.564. The zero-order valence-corrected chi connectivity index (χ0v) is 13.7. The first-order valence-corrected chi connectivity index (χ1v) is 8.58. The molecule has 1 aliphatic heterocycles. The summed E-state index contributed by atoms with van der Waals surface area (Å²) < 4.78 is 5.26. The van der Waals surface area contributed by atoms with Crippen molar-refractivity contribution in [3.63, 3.8) is 0 Å². The van der Waals surface area contributed by atoms with Crippen LogP contribution in [0.5, 0.6) is 0 Å². The van der Waals surface area contributed by atoms with E-state index in [0.29, 0.717) is 5.76 Å². The van der Waals surface area contributed by atoms with Crippen LogP contribution >= 0.6 is 31.9 Å². The van der Waals surface area contributed by atoms with E-state index in [1.165, 1.54) is 4.90 Å². The summed E-state index contributed by atoms with van der Waals surface area (Å²) in [6.45, 7) is 0.261. The third kappa shape index (κ3) is 1.58. The Morgan fingerprint density at radius 1 is 1.15 bits per heavy atom. The fourth-order valence-corrected chi connectivity index (χ4v) is 6.00. The van der Waals surface area contributed by atoms with Crippen LogP contribution in [0.1, 0.15) is 12.2 Å². The fourth-order valence-electron chi connectivity index (χ4n) is 4.12. The third-order valence-electron chi connectivity index (χ3n) is 4.97. The second-order valence-electron chi connectivity index (χ2n) is 5.85. The van der Waals surface area contributed by atoms with Gasteiger partial charge in [0.25, 0.3) is 0 Å². The predicted octanol–water partition coefficient (Wildman–Crippen LogP) is 2.56. The SMILES string of the molecule is O=C1[C@H]2[C@@H]3C[C@@H]([C@@H](Br)[C@H]3Br)[C@@H]2C(=O)N1Cc1ccco1. The van der Waals surface area contributed by atoms with E-state index < -0.39 is 0 Å². The van der Waals surface area contributed by atoms with Crippen molar-refractivity contribution in [1.82, 2.24) is 4.90 Å². The predicted molar refractivity (Wildman–Crippen MR) is 78.3 cm³/mol. The highest BCUT2D eigenvalue weighted by molar-refractivity contribution is 9.12. The van der Waals surface area contributed by atoms with Crippen LogP contribution in [0.15, 0.2) is 22.8 Å². The summed E-state index contributed by atoms with van der Waals surface area (Å²) in [4.78, 5) is 27.1. The van der Waals surface area contributed by atoms with Crippen molar-refractivity contribution in [1.29, 1.82) is 0 Å². The number of rotatable bonds is 2. The topological polar surface area (TPSA) is 50.5 Å². The van der Waals surface area contributed by atoms with Crippen LogP contribution in [0, 0.1) is 23.7 Å². The van der Waals surface area contributed by atoms with E-state index in [2.05, 4.69) is 31.9 Å². The number of amides is 2. The minimum Gasteiger partial charge on any atom is -0.467 e. The van der Waals surface area contributed by atoms with Gasteiger partial charge < -0.3 is 4.42 Å². The average molecular weight is 403 g/mol. The van der Waals surface area contributed by atoms with Crippen molar-refractivity contribution < 1.29 is 14.0 Å². The van der Waals surface area contributed by atoms with Crippen molar-refractivity contribution in [3.05, 3.63) is 24.2 Å². The Kier molecular flexibility index (Phi) is 2.90. The first-order chi connectivity index (χ1) is 9.59. The van der Waals surface area contributed by atoms with Crippen LogP contribution in [0.25, 0.3) is 0 Å². The summed E-state index contributed by atoms with van der Waals surface area (Å²) in [5, 5.41) is 0. The maximum absolute atomic E-state index is 12.6. The number of carbonyl (C=O) groups is 2. The van der Waals surface area contributed by atoms with Crippen LogP contribution < -0.4 is 0 Å². The molecule has 1 aromatic heterocycles. The Labute approximate surface area is 133 Å². The smallest absolute Gasteiger partial charge is 0.233 e. The van der Waals surface area contributed by atoms with Crippen molar-refractivity contribution in [2.45, 2.75) is 22.6 Å². The number of nitrogens with zero attached hydrogens (tertiary/aromatic N) is 1. The van der Waals surface area contributed by atoms with Gasteiger partial charge in [0.15, 0.2) is 0 Å². The standard InChI is InChI=1S/C14H13Br2NO3/c15-11-7-4-8(12(11)16)10-9(7)13(18)17(14(10)19)5-6-2-1-3-20-6/h1-3,7-12H,4-5H2/t7-,8+,9-,10-,11-,12+/m0/s1. The van der Waals surface area contributed by atoms with Crippen molar-refractivity contribution in [2.75, 3.05) is 0 Å². The molecule has 2 aliphatic carbocycles. The van der Waals surface area contributed by atoms with Gasteiger partial charge in [-0.15, -0.1) is 0 Å². The van der Waals surface area contributed by atoms with Gasteiger partial charge in [-0.2, -0.15) is 0 Å². The zero-order valence-electron chi connectivity index (χ0n) is 10.5. The van der Waals surface area contributed by atoms with Crippen LogP contribution in [0.3, 0.4) is 0 Å². The average Bonchev–Trinajstić information content (AvgIpc) is 3.15. The molecule has 2 saturated carbocycles. The van der Waals surface area contributed by atoms with Gasteiger partial charge >= 0.3 is 0 Å². The van der Waals surface area contributed by atoms with Gasteiger partial charge in [-0.1, -0.05) is 31.9 Å². The number of likely N-dealkylation sites (tertiary alicyclic amines) is 1. The second kappa shape index (κ2) is 4.44. The maximum atomic E-state index is 12.6. The molecule has 0 spiro atoms. The van der Waals surface area contributed by atoms with Crippen LogP contribution in [-0.4, -0.2) is 26.4 Å². The number of hydrogen-bond acceptors (Lipinski definition) is 3. The lowest BCUT2D eigenvalue weighted by Crippen LogP contribution is -2.37. The number of halogens is 2. The van der Waals surface area contributed by atoms with Gasteiger partial charge in [-0.25, -0.2) is 0 Å². The van der Waals surface area contributed by atoms with Crippen LogP contribution in [0.2, 0.25) is 0 Å². The molecule has 20 heavy (non-hydrogen) atoms. The molecule has 2 bridgehead atoms. The molecule has 0 aromatic carbocycles. The van der Waals surface area contributed by atoms with E-state index in [1.54, 1.807) is 18.4 Å². The number of furan rings is 1. The molecular formula is C14H13Br2NO3. The summed E-state index contributed by atoms with van der Waals surface area (Å²) in [5.74, 6) is 0.881. The molecular weight excluding hydrogens is 390 g/mol. The highest BCUT2D eigenvalue weighted by Crippen LogP contribution is 2.60. The summed E-state index contributed by atoms with van der Waals surface area (Å²) in [5.41, 5.74) is 0. The maximum Gasteiger partial charge on any atom is 0.233 e. The zero-order chi connectivity index (χ0) is 14.0. The fraction of sp³-hybridized carbons (Fsp3) is 0.571. The monoisotopic (exact) mass is 401 g/mol. The van der Waals surface area contributed by atoms with Gasteiger partial charge in [-0.05, 0) is 30.4 Å². The number of hydrogen-bond donors (Lipinski definition) is 0. The van der Waals surface area contributed by atoms with E-state index in [1.807, 2.05) is 0 Å². The molecule has 0 unspecified atom stereocenters. The van der Waals surface area contributed by atoms with Crippen molar-refractivity contribution in [2.24, 2.45) is 23.7 Å². The van der Waals surface area contributed by atoms with E-state index >= 15 is 0 Å². The molecule has 0 N–H and O–H groups in total. The number of fused-ring (bicyclic) bond motifs is 5. The Morgan fingerprint density at radius 2 is 1.75 bits per heavy atom. The molecule has 6 atom stereocenters. The lowest BCUT2D eigenvalue weighted by Gasteiger charge is -2.28. The number of carbonyl (C=O) groups excluding carboxylic acids is 2. The Hall–Kier alpha value is -0.620. The van der Waals surface area contributed by atoms with E-state index in [4.69, 9.17) is 4.42 Å². The van der Waals surface area contributed by atoms with E-state index in [0.717, 1.165) is 6.42 Å². The Morgan fingerprint density at radius 3 is 2.25 bits per heavy atom. The van der Waals surface area contributed by atoms with Gasteiger partial charge in [0.05, 0.1) is 24.6 Å². The normalized spacial score (nSPS) is 42.6. The largest absolute Gasteiger partial charge is 0.467 e. The van der Waals surface area contributed by atoms with Crippen molar-refractivity contribution in [3.8, 4) is 0 Å². The lowest BCUT2D eigenvalue weighted by molar-refractivity contribution is -0.141. The van der Waals surface area contributed by atoms with Gasteiger partial charge in [0.2, 0.25) is 11.8 Å². The highest BCUT2D eigenvalue weighted by atomic mass is 79.9. The molecule has 1 aromatic rings. The molecule has 2 amide bonds. The van der Waals surface area contributed by atoms with Gasteiger partial charge in [-0.3, -0.25) is 14.5 Å². The van der Waals surface area contributed by atoms with E-state index in [-0.39, 0.29) is 51.7 Å². The van der Waals surface area contributed by atoms with Crippen LogP contribution in [-0.2, 0) is 16.1 Å². The Balaban J connectivity index is 1.64. The van der Waals surface area contributed by atoms with E-state index in [9.17, 15) is 9.59 Å². The molecule has 3 aliphatic rings. The van der Waals surface area contributed by atoms with Gasteiger partial charge in [0, 0.05) is 9.65 Å². The lowest BCUT2D eigenvalue weighted by atomic mass is 9.81. The number of imide groups is 1. The molecule has 4 rings (SSSR count). The molecule has 2 heterocycles. The highest BCUT2D eigenvalue weighted by Gasteiger charge is 2.66. The second-order valence-corrected chi connectivity index (χ2v) is 7.96. The summed E-state index contributed by atoms with van der Waals surface area (Å²) in [7, 11) is 0. The molecule has 3 fully saturated rings. The van der Waals surface area contributed by atoms with Crippen molar-refractivity contribution >= 4 is 43.7 Å². The number of alkyl halides is 2. The minimum absolute atomic E-state index is 0.0206. The molecule has 106 valence electrons. The minimum atomic E-state index is -0.138. The molecule has 4 nitrogen and oxygen atoms in total. The first-order valence-electron chi connectivity index (χ1n) is 6.75. The molecule has 6 heteroatoms.